The zero-order valence-corrected chi connectivity index (χ0v) is 33.2. The van der Waals surface area contributed by atoms with Crippen LogP contribution in [0.5, 0.6) is 0 Å². The van der Waals surface area contributed by atoms with E-state index >= 15 is 0 Å². The Bertz CT molecular complexity index is 1650. The first-order valence-electron chi connectivity index (χ1n) is 18.9. The fourth-order valence-corrected chi connectivity index (χ4v) is 7.96. The Morgan fingerprint density at radius 1 is 1.04 bits per heavy atom. The zero-order valence-electron chi connectivity index (χ0n) is 32.4. The average molecular weight is 794 g/mol. The minimum atomic E-state index is -4.52. The summed E-state index contributed by atoms with van der Waals surface area (Å²) in [5.74, 6) is -3.29. The number of carboxylic acids is 1. The van der Waals surface area contributed by atoms with E-state index in [9.17, 15) is 42.3 Å². The van der Waals surface area contributed by atoms with Crippen molar-refractivity contribution >= 4 is 41.0 Å². The van der Waals surface area contributed by atoms with Gasteiger partial charge in [-0.2, -0.15) is 13.2 Å². The fourth-order valence-electron chi connectivity index (χ4n) is 7.12. The monoisotopic (exact) mass is 793 g/mol. The highest BCUT2D eigenvalue weighted by molar-refractivity contribution is 7.09. The predicted molar refractivity (Wildman–Crippen MR) is 200 cm³/mol. The minimum Gasteiger partial charge on any atom is -0.481 e. The summed E-state index contributed by atoms with van der Waals surface area (Å²) in [5, 5.41) is 17.2. The maximum Gasteiger partial charge on any atom is 0.416 e. The maximum absolute atomic E-state index is 14.1. The molecule has 304 valence electrons. The Kier molecular flexibility index (Phi) is 15.2. The molecule has 0 spiro atoms. The summed E-state index contributed by atoms with van der Waals surface area (Å²) in [6, 6.07) is 2.27. The van der Waals surface area contributed by atoms with Crippen molar-refractivity contribution in [2.24, 2.45) is 17.8 Å². The Morgan fingerprint density at radius 3 is 2.27 bits per heavy atom. The van der Waals surface area contributed by atoms with E-state index in [-0.39, 0.29) is 48.7 Å². The number of likely N-dealkylation sites (N-methyl/N-ethyl adjacent to an activating group) is 2. The molecule has 1 aromatic heterocycles. The van der Waals surface area contributed by atoms with Crippen LogP contribution < -0.4 is 10.6 Å². The molecule has 0 bridgehead atoms. The van der Waals surface area contributed by atoms with Crippen LogP contribution in [0.3, 0.4) is 0 Å². The molecule has 1 aliphatic heterocycles. The lowest BCUT2D eigenvalue weighted by Gasteiger charge is -2.37. The van der Waals surface area contributed by atoms with Gasteiger partial charge in [-0.15, -0.1) is 11.3 Å². The number of benzene rings is 1. The third-order valence-electron chi connectivity index (χ3n) is 10.5. The highest BCUT2D eigenvalue weighted by Gasteiger charge is 2.38. The molecular formula is C39H54F3N5O7S. The number of aliphatic carboxylic acids is 1. The quantitative estimate of drug-likeness (QED) is 0.157. The molecule has 1 aliphatic carbocycles. The van der Waals surface area contributed by atoms with Crippen LogP contribution >= 0.6 is 11.3 Å². The largest absolute Gasteiger partial charge is 0.481 e. The lowest BCUT2D eigenvalue weighted by atomic mass is 9.95. The van der Waals surface area contributed by atoms with Crippen molar-refractivity contribution in [3.63, 3.8) is 0 Å². The number of ether oxygens (including phenoxy) is 1. The van der Waals surface area contributed by atoms with Gasteiger partial charge in [0.25, 0.3) is 5.91 Å². The van der Waals surface area contributed by atoms with E-state index < -0.39 is 59.7 Å². The number of nitrogens with one attached hydrogen (secondary N) is 2. The molecule has 16 heteroatoms. The number of hydrogen-bond donors (Lipinski definition) is 3. The van der Waals surface area contributed by atoms with E-state index in [2.05, 4.69) is 15.6 Å². The molecule has 3 amide bonds. The highest BCUT2D eigenvalue weighted by Crippen LogP contribution is 2.35. The van der Waals surface area contributed by atoms with E-state index in [4.69, 9.17) is 4.74 Å². The SMILES string of the molecule is CC(=O)O[C@H](C[C@H](C(C)C)N(C)C(=O)[C@H](CC1CC1)NC(=O)[C@H]1CCCCN1C)c1nc(C(=O)N[C@@H](Cc2ccc(C(F)(F)F)cc2)C[C@H](C)C(=O)O)cs1. The van der Waals surface area contributed by atoms with Gasteiger partial charge in [-0.05, 0) is 75.2 Å². The lowest BCUT2D eigenvalue weighted by Crippen LogP contribution is -2.56. The number of aromatic nitrogens is 1. The van der Waals surface area contributed by atoms with Crippen molar-refractivity contribution in [2.45, 2.75) is 122 Å². The summed E-state index contributed by atoms with van der Waals surface area (Å²) in [4.78, 5) is 73.2. The normalized spacial score (nSPS) is 19.1. The number of esters is 1. The molecule has 0 radical (unpaired) electrons. The third-order valence-corrected chi connectivity index (χ3v) is 11.5. The first kappa shape index (κ1) is 43.7. The third kappa shape index (κ3) is 12.7. The molecular weight excluding hydrogens is 740 g/mol. The molecule has 55 heavy (non-hydrogen) atoms. The van der Waals surface area contributed by atoms with Crippen molar-refractivity contribution in [1.82, 2.24) is 25.4 Å². The number of piperidine rings is 1. The Morgan fingerprint density at radius 2 is 1.71 bits per heavy atom. The first-order chi connectivity index (χ1) is 25.8. The van der Waals surface area contributed by atoms with Crippen molar-refractivity contribution in [3.05, 3.63) is 51.5 Å². The lowest BCUT2D eigenvalue weighted by molar-refractivity contribution is -0.149. The van der Waals surface area contributed by atoms with Gasteiger partial charge in [-0.25, -0.2) is 4.98 Å². The van der Waals surface area contributed by atoms with Gasteiger partial charge in [0.05, 0.1) is 17.5 Å². The number of amides is 3. The molecule has 2 aromatic rings. The molecule has 3 N–H and O–H groups in total. The van der Waals surface area contributed by atoms with Crippen molar-refractivity contribution < 1.29 is 47.0 Å². The Balaban J connectivity index is 1.50. The van der Waals surface area contributed by atoms with Gasteiger partial charge in [0.1, 0.15) is 16.7 Å². The van der Waals surface area contributed by atoms with Crippen LogP contribution in [-0.2, 0) is 36.5 Å². The van der Waals surface area contributed by atoms with E-state index in [1.807, 2.05) is 25.8 Å². The first-order valence-corrected chi connectivity index (χ1v) is 19.8. The fraction of sp³-hybridized carbons (Fsp3) is 0.641. The van der Waals surface area contributed by atoms with Crippen LogP contribution in [0.2, 0.25) is 0 Å². The van der Waals surface area contributed by atoms with Crippen LogP contribution in [0, 0.1) is 17.8 Å². The summed E-state index contributed by atoms with van der Waals surface area (Å²) in [6.45, 7) is 7.44. The highest BCUT2D eigenvalue weighted by atomic mass is 32.1. The van der Waals surface area contributed by atoms with Gasteiger partial charge >= 0.3 is 18.1 Å². The van der Waals surface area contributed by atoms with Gasteiger partial charge in [0.2, 0.25) is 11.8 Å². The zero-order chi connectivity index (χ0) is 40.6. The number of likely N-dealkylation sites (tertiary alicyclic amines) is 1. The van der Waals surface area contributed by atoms with Crippen molar-refractivity contribution in [2.75, 3.05) is 20.6 Å². The van der Waals surface area contributed by atoms with E-state index in [0.717, 1.165) is 62.1 Å². The number of halogens is 3. The van der Waals surface area contributed by atoms with Crippen molar-refractivity contribution in [3.8, 4) is 0 Å². The van der Waals surface area contributed by atoms with E-state index in [1.165, 1.54) is 31.4 Å². The Labute approximate surface area is 324 Å². The number of carbonyl (C=O) groups excluding carboxylic acids is 4. The number of thiazole rings is 1. The number of alkyl halides is 3. The average Bonchev–Trinajstić information content (AvgIpc) is 3.79. The van der Waals surface area contributed by atoms with Crippen LogP contribution in [0.25, 0.3) is 0 Å². The number of carboxylic acid groups (broad SMARTS) is 1. The smallest absolute Gasteiger partial charge is 0.416 e. The van der Waals surface area contributed by atoms with Crippen LogP contribution in [0.15, 0.2) is 29.6 Å². The molecule has 2 aliphatic rings. The number of rotatable bonds is 18. The summed E-state index contributed by atoms with van der Waals surface area (Å²) in [7, 11) is 3.61. The second-order valence-corrected chi connectivity index (χ2v) is 16.3. The maximum atomic E-state index is 14.1. The molecule has 2 heterocycles. The second kappa shape index (κ2) is 19.2. The molecule has 0 unspecified atom stereocenters. The molecule has 12 nitrogen and oxygen atoms in total. The van der Waals surface area contributed by atoms with Gasteiger partial charge in [-0.3, -0.25) is 28.9 Å². The number of carbonyl (C=O) groups is 5. The predicted octanol–water partition coefficient (Wildman–Crippen LogP) is 5.86. The van der Waals surface area contributed by atoms with E-state index in [0.29, 0.717) is 22.9 Å². The summed E-state index contributed by atoms with van der Waals surface area (Å²) < 4.78 is 45.1. The van der Waals surface area contributed by atoms with Crippen LogP contribution in [-0.4, -0.2) is 94.4 Å². The van der Waals surface area contributed by atoms with Gasteiger partial charge in [0, 0.05) is 37.9 Å². The standard InChI is InChI=1S/C39H54F3N5O7S/c1-22(2)32(47(6)37(51)29(19-26-10-11-26)44-35(50)31-9-7-8-16-46(31)5)20-33(54-24(4)48)36-45-30(21-55-36)34(49)43-28(17-23(3)38(52)53)18-25-12-14-27(15-13-25)39(40,41)42/h12-15,21-23,26,28-29,31-33H,7-11,16-20H2,1-6H3,(H,43,49)(H,44,50)(H,52,53)/t23-,28+,29-,31+,32+,33+/m0/s1. The molecule has 1 saturated heterocycles. The summed E-state index contributed by atoms with van der Waals surface area (Å²) in [5.41, 5.74) is -0.359. The molecule has 6 atom stereocenters. The van der Waals surface area contributed by atoms with Crippen molar-refractivity contribution in [1.29, 1.82) is 0 Å². The topological polar surface area (TPSA) is 158 Å². The van der Waals surface area contributed by atoms with Gasteiger partial charge < -0.3 is 25.4 Å². The van der Waals surface area contributed by atoms with Crippen LogP contribution in [0.4, 0.5) is 13.2 Å². The summed E-state index contributed by atoms with van der Waals surface area (Å²) >= 11 is 1.09. The Hall–Kier alpha value is -4.05. The minimum absolute atomic E-state index is 0.00511. The summed E-state index contributed by atoms with van der Waals surface area (Å²) in [6.07, 6.45) is 0.0569. The van der Waals surface area contributed by atoms with E-state index in [1.54, 1.807) is 11.9 Å². The molecule has 4 rings (SSSR count). The van der Waals surface area contributed by atoms with Crippen LogP contribution in [0.1, 0.15) is 112 Å². The molecule has 1 saturated carbocycles. The van der Waals surface area contributed by atoms with Gasteiger partial charge in [0.15, 0.2) is 6.10 Å². The van der Waals surface area contributed by atoms with Gasteiger partial charge in [-0.1, -0.05) is 52.2 Å². The number of nitrogens with zero attached hydrogens (tertiary/aromatic N) is 3. The molecule has 2 fully saturated rings. The molecule has 1 aromatic carbocycles. The second-order valence-electron chi connectivity index (χ2n) is 15.4. The number of hydrogen-bond acceptors (Lipinski definition) is 9.